The molecule has 0 aromatic heterocycles. The average molecular weight is 320 g/mol. The molecule has 1 N–H and O–H groups in total. The van der Waals surface area contributed by atoms with E-state index in [9.17, 15) is 13.5 Å². The molecule has 0 aliphatic heterocycles. The van der Waals surface area contributed by atoms with Gasteiger partial charge in [0.2, 0.25) is 9.84 Å². The minimum Gasteiger partial charge on any atom is -0.508 e. The van der Waals surface area contributed by atoms with Crippen LogP contribution in [0.3, 0.4) is 0 Å². The molecule has 0 bridgehead atoms. The van der Waals surface area contributed by atoms with Gasteiger partial charge >= 0.3 is 0 Å². The third-order valence-electron chi connectivity index (χ3n) is 3.69. The van der Waals surface area contributed by atoms with Crippen molar-refractivity contribution in [2.24, 2.45) is 0 Å². The SMILES string of the molecule is CCc1cc(S(=O)(=O)c2ccc(OC)c(CC)c2)ccc1O. The summed E-state index contributed by atoms with van der Waals surface area (Å²) in [7, 11) is -2.05. The van der Waals surface area contributed by atoms with Crippen LogP contribution in [0.1, 0.15) is 25.0 Å². The van der Waals surface area contributed by atoms with Crippen molar-refractivity contribution in [3.8, 4) is 11.5 Å². The third-order valence-corrected chi connectivity index (χ3v) is 5.43. The summed E-state index contributed by atoms with van der Waals surface area (Å²) in [5.41, 5.74) is 1.46. The van der Waals surface area contributed by atoms with Gasteiger partial charge in [0, 0.05) is 0 Å². The summed E-state index contributed by atoms with van der Waals surface area (Å²) in [5.74, 6) is 0.798. The smallest absolute Gasteiger partial charge is 0.206 e. The molecule has 0 atom stereocenters. The first-order valence-corrected chi connectivity index (χ1v) is 8.66. The van der Waals surface area contributed by atoms with Gasteiger partial charge in [-0.15, -0.1) is 0 Å². The maximum Gasteiger partial charge on any atom is 0.206 e. The molecule has 0 unspecified atom stereocenters. The maximum atomic E-state index is 12.8. The highest BCUT2D eigenvalue weighted by molar-refractivity contribution is 7.91. The van der Waals surface area contributed by atoms with Gasteiger partial charge in [-0.05, 0) is 60.4 Å². The fraction of sp³-hybridized carbons (Fsp3) is 0.294. The van der Waals surface area contributed by atoms with E-state index in [1.165, 1.54) is 18.2 Å². The van der Waals surface area contributed by atoms with Crippen LogP contribution in [-0.4, -0.2) is 20.6 Å². The second-order valence-electron chi connectivity index (χ2n) is 4.97. The monoisotopic (exact) mass is 320 g/mol. The Kier molecular flexibility index (Phi) is 4.76. The molecule has 5 heteroatoms. The molecule has 0 spiro atoms. The van der Waals surface area contributed by atoms with Gasteiger partial charge in [-0.3, -0.25) is 0 Å². The zero-order valence-corrected chi connectivity index (χ0v) is 13.8. The summed E-state index contributed by atoms with van der Waals surface area (Å²) < 4.78 is 30.8. The molecule has 2 aromatic carbocycles. The van der Waals surface area contributed by atoms with Gasteiger partial charge in [-0.2, -0.15) is 0 Å². The Hall–Kier alpha value is -2.01. The normalized spacial score (nSPS) is 11.4. The first-order valence-electron chi connectivity index (χ1n) is 7.17. The molecule has 2 aromatic rings. The quantitative estimate of drug-likeness (QED) is 0.917. The number of aromatic hydroxyl groups is 1. The summed E-state index contributed by atoms with van der Waals surface area (Å²) in [6.45, 7) is 3.82. The fourth-order valence-corrected chi connectivity index (χ4v) is 3.71. The van der Waals surface area contributed by atoms with Gasteiger partial charge in [0.1, 0.15) is 11.5 Å². The molecule has 22 heavy (non-hydrogen) atoms. The predicted octanol–water partition coefficient (Wildman–Crippen LogP) is 3.36. The zero-order valence-electron chi connectivity index (χ0n) is 13.0. The number of sulfone groups is 1. The molecule has 0 heterocycles. The molecule has 0 amide bonds. The Bertz CT molecular complexity index is 779. The van der Waals surface area contributed by atoms with Crippen molar-refractivity contribution in [1.29, 1.82) is 0 Å². The molecule has 0 aliphatic carbocycles. The first kappa shape index (κ1) is 16.4. The lowest BCUT2D eigenvalue weighted by Gasteiger charge is -2.11. The van der Waals surface area contributed by atoms with Gasteiger partial charge in [-0.1, -0.05) is 13.8 Å². The van der Waals surface area contributed by atoms with Gasteiger partial charge in [0.05, 0.1) is 16.9 Å². The highest BCUT2D eigenvalue weighted by Gasteiger charge is 2.20. The number of rotatable bonds is 5. The van der Waals surface area contributed by atoms with Crippen LogP contribution in [0, 0.1) is 0 Å². The summed E-state index contributed by atoms with van der Waals surface area (Å²) >= 11 is 0. The van der Waals surface area contributed by atoms with Crippen molar-refractivity contribution >= 4 is 9.84 Å². The summed E-state index contributed by atoms with van der Waals surface area (Å²) in [6.07, 6.45) is 1.25. The van der Waals surface area contributed by atoms with Crippen molar-refractivity contribution in [3.05, 3.63) is 47.5 Å². The first-order chi connectivity index (χ1) is 10.4. The van der Waals surface area contributed by atoms with Crippen LogP contribution in [0.15, 0.2) is 46.2 Å². The molecule has 0 radical (unpaired) electrons. The Balaban J connectivity index is 2.55. The summed E-state index contributed by atoms with van der Waals surface area (Å²) in [6, 6.07) is 9.25. The lowest BCUT2D eigenvalue weighted by Crippen LogP contribution is -2.04. The molecule has 0 fully saturated rings. The van der Waals surface area contributed by atoms with Crippen LogP contribution in [0.5, 0.6) is 11.5 Å². The molecule has 118 valence electrons. The number of benzene rings is 2. The third kappa shape index (κ3) is 2.95. The molecule has 0 saturated heterocycles. The van der Waals surface area contributed by atoms with Crippen molar-refractivity contribution in [1.82, 2.24) is 0 Å². The van der Waals surface area contributed by atoms with Crippen LogP contribution in [-0.2, 0) is 22.7 Å². The number of ether oxygens (including phenoxy) is 1. The molecule has 0 saturated carbocycles. The van der Waals surface area contributed by atoms with Crippen LogP contribution >= 0.6 is 0 Å². The summed E-state index contributed by atoms with van der Waals surface area (Å²) in [4.78, 5) is 0.423. The Morgan fingerprint density at radius 3 is 2.05 bits per heavy atom. The van der Waals surface area contributed by atoms with Gasteiger partial charge in [-0.25, -0.2) is 8.42 Å². The molecule has 2 rings (SSSR count). The molecular formula is C17H20O4S. The van der Waals surface area contributed by atoms with E-state index in [4.69, 9.17) is 4.74 Å². The van der Waals surface area contributed by atoms with Crippen LogP contribution in [0.25, 0.3) is 0 Å². The predicted molar refractivity (Wildman–Crippen MR) is 85.3 cm³/mol. The van der Waals surface area contributed by atoms with Crippen molar-refractivity contribution in [2.45, 2.75) is 36.5 Å². The van der Waals surface area contributed by atoms with Crippen molar-refractivity contribution in [3.63, 3.8) is 0 Å². The van der Waals surface area contributed by atoms with Gasteiger partial charge in [0.25, 0.3) is 0 Å². The molecule has 0 aliphatic rings. The number of aryl methyl sites for hydroxylation is 2. The Morgan fingerprint density at radius 2 is 1.50 bits per heavy atom. The van der Waals surface area contributed by atoms with E-state index in [1.807, 2.05) is 13.8 Å². The highest BCUT2D eigenvalue weighted by Crippen LogP contribution is 2.29. The average Bonchev–Trinajstić information content (AvgIpc) is 2.54. The molecular weight excluding hydrogens is 300 g/mol. The number of phenols is 1. The van der Waals surface area contributed by atoms with Gasteiger partial charge < -0.3 is 9.84 Å². The second kappa shape index (κ2) is 6.40. The second-order valence-corrected chi connectivity index (χ2v) is 6.92. The number of hydrogen-bond donors (Lipinski definition) is 1. The van der Waals surface area contributed by atoms with E-state index in [-0.39, 0.29) is 15.5 Å². The molecule has 4 nitrogen and oxygen atoms in total. The largest absolute Gasteiger partial charge is 0.508 e. The Morgan fingerprint density at radius 1 is 0.955 bits per heavy atom. The van der Waals surface area contributed by atoms with Gasteiger partial charge in [0.15, 0.2) is 0 Å². The fourth-order valence-electron chi connectivity index (χ4n) is 2.35. The van der Waals surface area contributed by atoms with Crippen LogP contribution in [0.2, 0.25) is 0 Å². The number of methoxy groups -OCH3 is 1. The van der Waals surface area contributed by atoms with Crippen molar-refractivity contribution in [2.75, 3.05) is 7.11 Å². The minimum absolute atomic E-state index is 0.116. The number of hydrogen-bond acceptors (Lipinski definition) is 4. The van der Waals surface area contributed by atoms with E-state index in [0.29, 0.717) is 24.2 Å². The van der Waals surface area contributed by atoms with Crippen LogP contribution < -0.4 is 4.74 Å². The van der Waals surface area contributed by atoms with E-state index >= 15 is 0 Å². The van der Waals surface area contributed by atoms with E-state index in [0.717, 1.165) is 5.56 Å². The van der Waals surface area contributed by atoms with E-state index < -0.39 is 9.84 Å². The maximum absolute atomic E-state index is 12.8. The Labute approximate surface area is 131 Å². The van der Waals surface area contributed by atoms with E-state index in [2.05, 4.69) is 0 Å². The lowest BCUT2D eigenvalue weighted by molar-refractivity contribution is 0.409. The standard InChI is InChI=1S/C17H20O4S/c1-4-12-10-14(6-8-16(12)18)22(19,20)15-7-9-17(21-3)13(5-2)11-15/h6-11,18H,4-5H2,1-3H3. The highest BCUT2D eigenvalue weighted by atomic mass is 32.2. The number of phenolic OH excluding ortho intramolecular Hbond substituents is 1. The zero-order chi connectivity index (χ0) is 16.3. The summed E-state index contributed by atoms with van der Waals surface area (Å²) in [5, 5.41) is 9.71. The lowest BCUT2D eigenvalue weighted by atomic mass is 10.1. The van der Waals surface area contributed by atoms with Crippen molar-refractivity contribution < 1.29 is 18.3 Å². The van der Waals surface area contributed by atoms with Crippen LogP contribution in [0.4, 0.5) is 0 Å². The minimum atomic E-state index is -3.61. The topological polar surface area (TPSA) is 63.6 Å². The van der Waals surface area contributed by atoms with E-state index in [1.54, 1.807) is 25.3 Å².